The van der Waals surface area contributed by atoms with Gasteiger partial charge in [0, 0.05) is 13.0 Å². The molecule has 0 spiro atoms. The second-order valence-corrected chi connectivity index (χ2v) is 7.58. The van der Waals surface area contributed by atoms with Gasteiger partial charge in [0.1, 0.15) is 5.01 Å². The zero-order valence-electron chi connectivity index (χ0n) is 11.5. The van der Waals surface area contributed by atoms with Gasteiger partial charge in [-0.3, -0.25) is 9.52 Å². The first-order chi connectivity index (χ1) is 10.3. The minimum Gasteiger partial charge on any atom is -0.352 e. The molecule has 2 rings (SSSR count). The third-order valence-electron chi connectivity index (χ3n) is 2.48. The number of aromatic nitrogens is 2. The van der Waals surface area contributed by atoms with E-state index in [0.29, 0.717) is 28.6 Å². The Morgan fingerprint density at radius 2 is 2.05 bits per heavy atom. The van der Waals surface area contributed by atoms with Crippen molar-refractivity contribution in [1.82, 2.24) is 15.5 Å². The Kier molecular flexibility index (Phi) is 5.33. The second-order valence-electron chi connectivity index (χ2n) is 4.36. The van der Waals surface area contributed by atoms with Crippen LogP contribution in [0.4, 0.5) is 5.13 Å². The quantitative estimate of drug-likeness (QED) is 0.813. The predicted molar refractivity (Wildman–Crippen MR) is 85.9 cm³/mol. The van der Waals surface area contributed by atoms with Crippen molar-refractivity contribution in [3.05, 3.63) is 39.9 Å². The number of hydrogen-bond acceptors (Lipinski definition) is 6. The number of carbonyl (C=O) groups is 1. The summed E-state index contributed by atoms with van der Waals surface area (Å²) in [6.07, 6.45) is 1.48. The van der Waals surface area contributed by atoms with Gasteiger partial charge >= 0.3 is 0 Å². The zero-order chi connectivity index (χ0) is 16.2. The minimum absolute atomic E-state index is 0.204. The average molecular weight is 361 g/mol. The van der Waals surface area contributed by atoms with Gasteiger partial charge in [0.2, 0.25) is 15.2 Å². The van der Waals surface area contributed by atoms with E-state index >= 15 is 0 Å². The lowest BCUT2D eigenvalue weighted by Gasteiger charge is -2.05. The van der Waals surface area contributed by atoms with Crippen molar-refractivity contribution in [2.75, 3.05) is 17.5 Å². The second kappa shape index (κ2) is 7.03. The molecule has 0 saturated carbocycles. The van der Waals surface area contributed by atoms with E-state index in [1.807, 2.05) is 0 Å². The summed E-state index contributed by atoms with van der Waals surface area (Å²) >= 11 is 7.05. The molecule has 0 atom stereocenters. The van der Waals surface area contributed by atoms with Gasteiger partial charge in [0.15, 0.2) is 0 Å². The van der Waals surface area contributed by atoms with Crippen molar-refractivity contribution in [1.29, 1.82) is 0 Å². The van der Waals surface area contributed by atoms with Crippen LogP contribution >= 0.6 is 22.9 Å². The lowest BCUT2D eigenvalue weighted by atomic mass is 10.2. The van der Waals surface area contributed by atoms with Gasteiger partial charge in [0.05, 0.1) is 16.8 Å². The lowest BCUT2D eigenvalue weighted by molar-refractivity contribution is 0.0954. The summed E-state index contributed by atoms with van der Waals surface area (Å²) in [4.78, 5) is 11.9. The van der Waals surface area contributed by atoms with Crippen molar-refractivity contribution in [3.63, 3.8) is 0 Å². The van der Waals surface area contributed by atoms with Crippen LogP contribution in [-0.4, -0.2) is 37.3 Å². The van der Waals surface area contributed by atoms with Crippen LogP contribution in [-0.2, 0) is 16.4 Å². The highest BCUT2D eigenvalue weighted by atomic mass is 35.5. The van der Waals surface area contributed by atoms with E-state index in [2.05, 4.69) is 20.2 Å². The number of sulfonamides is 1. The van der Waals surface area contributed by atoms with Crippen molar-refractivity contribution >= 4 is 44.0 Å². The number of rotatable bonds is 6. The normalized spacial score (nSPS) is 11.2. The monoisotopic (exact) mass is 360 g/mol. The molecule has 1 amide bonds. The van der Waals surface area contributed by atoms with E-state index < -0.39 is 10.0 Å². The molecule has 22 heavy (non-hydrogen) atoms. The van der Waals surface area contributed by atoms with Gasteiger partial charge in [-0.2, -0.15) is 0 Å². The average Bonchev–Trinajstić information content (AvgIpc) is 2.84. The van der Waals surface area contributed by atoms with Gasteiger partial charge in [-0.15, -0.1) is 10.2 Å². The zero-order valence-corrected chi connectivity index (χ0v) is 13.9. The molecule has 7 nitrogen and oxygen atoms in total. The van der Waals surface area contributed by atoms with Crippen LogP contribution in [0.25, 0.3) is 0 Å². The molecule has 2 N–H and O–H groups in total. The molecular weight excluding hydrogens is 348 g/mol. The third-order valence-corrected chi connectivity index (χ3v) is 4.40. The van der Waals surface area contributed by atoms with Crippen LogP contribution < -0.4 is 10.0 Å². The molecule has 0 fully saturated rings. The molecule has 0 aliphatic heterocycles. The van der Waals surface area contributed by atoms with Crippen LogP contribution in [0.2, 0.25) is 5.02 Å². The topological polar surface area (TPSA) is 101 Å². The number of nitrogens with one attached hydrogen (secondary N) is 2. The molecule has 1 heterocycles. The van der Waals surface area contributed by atoms with Crippen molar-refractivity contribution in [2.24, 2.45) is 0 Å². The molecule has 1 aromatic carbocycles. The van der Waals surface area contributed by atoms with E-state index in [9.17, 15) is 13.2 Å². The van der Waals surface area contributed by atoms with Crippen LogP contribution in [0.15, 0.2) is 24.3 Å². The van der Waals surface area contributed by atoms with E-state index in [1.165, 1.54) is 0 Å². The fraction of sp³-hybridized carbons (Fsp3) is 0.250. The molecule has 118 valence electrons. The number of nitrogens with zero attached hydrogens (tertiary/aromatic N) is 2. The SMILES string of the molecule is CS(=O)(=O)Nc1nnc(CCNC(=O)c2ccccc2Cl)s1. The summed E-state index contributed by atoms with van der Waals surface area (Å²) in [5.41, 5.74) is 0.404. The molecular formula is C12H13ClN4O3S2. The number of halogens is 1. The first-order valence-electron chi connectivity index (χ1n) is 6.18. The Morgan fingerprint density at radius 1 is 1.32 bits per heavy atom. The van der Waals surface area contributed by atoms with Crippen molar-refractivity contribution in [2.45, 2.75) is 6.42 Å². The van der Waals surface area contributed by atoms with Crippen LogP contribution in [0.3, 0.4) is 0 Å². The Hall–Kier alpha value is -1.71. The Labute approximate surface area is 136 Å². The highest BCUT2D eigenvalue weighted by Crippen LogP contribution is 2.17. The van der Waals surface area contributed by atoms with Crippen molar-refractivity contribution in [3.8, 4) is 0 Å². The number of amides is 1. The van der Waals surface area contributed by atoms with E-state index in [0.717, 1.165) is 17.6 Å². The molecule has 0 saturated heterocycles. The van der Waals surface area contributed by atoms with E-state index in [1.54, 1.807) is 24.3 Å². The fourth-order valence-electron chi connectivity index (χ4n) is 1.58. The maximum absolute atomic E-state index is 11.9. The lowest BCUT2D eigenvalue weighted by Crippen LogP contribution is -2.25. The van der Waals surface area contributed by atoms with Crippen LogP contribution in [0.5, 0.6) is 0 Å². The fourth-order valence-corrected chi connectivity index (χ4v) is 3.37. The molecule has 2 aromatic rings. The number of hydrogen-bond donors (Lipinski definition) is 2. The number of anilines is 1. The standard InChI is InChI=1S/C12H13ClN4O3S2/c1-22(19,20)17-12-16-15-10(21-12)6-7-14-11(18)8-4-2-3-5-9(8)13/h2-5H,6-7H2,1H3,(H,14,18)(H,16,17). The van der Waals surface area contributed by atoms with E-state index in [4.69, 9.17) is 11.6 Å². The van der Waals surface area contributed by atoms with Gasteiger partial charge in [0.25, 0.3) is 5.91 Å². The molecule has 0 radical (unpaired) electrons. The van der Waals surface area contributed by atoms with Gasteiger partial charge in [-0.05, 0) is 12.1 Å². The molecule has 0 aliphatic rings. The number of carbonyl (C=O) groups excluding carboxylic acids is 1. The Balaban J connectivity index is 1.87. The Bertz CT molecular complexity index is 776. The van der Waals surface area contributed by atoms with Crippen molar-refractivity contribution < 1.29 is 13.2 Å². The Morgan fingerprint density at radius 3 is 2.73 bits per heavy atom. The molecule has 10 heteroatoms. The summed E-state index contributed by atoms with van der Waals surface area (Å²) in [6, 6.07) is 6.76. The summed E-state index contributed by atoms with van der Waals surface area (Å²) in [6.45, 7) is 0.345. The van der Waals surface area contributed by atoms with Crippen LogP contribution in [0.1, 0.15) is 15.4 Å². The number of benzene rings is 1. The minimum atomic E-state index is -3.37. The largest absolute Gasteiger partial charge is 0.352 e. The summed E-state index contributed by atoms with van der Waals surface area (Å²) in [5, 5.41) is 11.5. The van der Waals surface area contributed by atoms with Gasteiger partial charge in [-0.25, -0.2) is 8.42 Å². The van der Waals surface area contributed by atoms with Gasteiger partial charge < -0.3 is 5.32 Å². The maximum Gasteiger partial charge on any atom is 0.252 e. The highest BCUT2D eigenvalue weighted by Gasteiger charge is 2.11. The summed E-state index contributed by atoms with van der Waals surface area (Å²) < 4.78 is 24.4. The predicted octanol–water partition coefficient (Wildman–Crippen LogP) is 1.54. The smallest absolute Gasteiger partial charge is 0.252 e. The molecule has 0 aliphatic carbocycles. The molecule has 0 unspecified atom stereocenters. The molecule has 0 bridgehead atoms. The first-order valence-corrected chi connectivity index (χ1v) is 9.26. The molecule has 1 aromatic heterocycles. The van der Waals surface area contributed by atoms with E-state index in [-0.39, 0.29) is 11.0 Å². The van der Waals surface area contributed by atoms with Crippen LogP contribution in [0, 0.1) is 0 Å². The van der Waals surface area contributed by atoms with Gasteiger partial charge in [-0.1, -0.05) is 35.1 Å². The summed E-state index contributed by atoms with van der Waals surface area (Å²) in [5.74, 6) is -0.274. The first kappa shape index (κ1) is 16.7. The highest BCUT2D eigenvalue weighted by molar-refractivity contribution is 7.92. The third kappa shape index (κ3) is 4.93. The summed E-state index contributed by atoms with van der Waals surface area (Å²) in [7, 11) is -3.37. The maximum atomic E-state index is 11.9.